The Morgan fingerprint density at radius 3 is 2.60 bits per heavy atom. The van der Waals surface area contributed by atoms with Gasteiger partial charge in [0.15, 0.2) is 0 Å². The van der Waals surface area contributed by atoms with Crippen LogP contribution in [0.4, 0.5) is 5.69 Å². The molecule has 20 heavy (non-hydrogen) atoms. The Morgan fingerprint density at radius 1 is 1.25 bits per heavy atom. The lowest BCUT2D eigenvalue weighted by Crippen LogP contribution is -2.26. The first kappa shape index (κ1) is 16.6. The fourth-order valence-corrected chi connectivity index (χ4v) is 2.19. The molecule has 3 nitrogen and oxygen atoms in total. The van der Waals surface area contributed by atoms with Gasteiger partial charge in [0.05, 0.1) is 0 Å². The van der Waals surface area contributed by atoms with Crippen molar-refractivity contribution in [2.24, 2.45) is 5.73 Å². The van der Waals surface area contributed by atoms with E-state index in [0.717, 1.165) is 24.1 Å². The second-order valence-electron chi connectivity index (χ2n) is 5.03. The average molecular weight is 292 g/mol. The smallest absolute Gasteiger partial charge is 0.226 e. The maximum absolute atomic E-state index is 12.1. The minimum absolute atomic E-state index is 0.140. The second kappa shape index (κ2) is 8.69. The zero-order chi connectivity index (χ0) is 15.0. The molecule has 110 valence electrons. The summed E-state index contributed by atoms with van der Waals surface area (Å²) in [6, 6.07) is 7.48. The molecule has 4 heteroatoms. The van der Waals surface area contributed by atoms with Crippen LogP contribution < -0.4 is 10.6 Å². The quantitative estimate of drug-likeness (QED) is 0.587. The van der Waals surface area contributed by atoms with Gasteiger partial charge in [0.2, 0.25) is 5.91 Å². The highest BCUT2D eigenvalue weighted by Gasteiger charge is 2.11. The Labute approximate surface area is 127 Å². The van der Waals surface area contributed by atoms with Crippen LogP contribution in [0.15, 0.2) is 24.3 Å². The first-order valence-electron chi connectivity index (χ1n) is 7.22. The second-order valence-corrected chi connectivity index (χ2v) is 5.47. The Morgan fingerprint density at radius 2 is 1.95 bits per heavy atom. The van der Waals surface area contributed by atoms with Crippen LogP contribution in [0.1, 0.15) is 51.0 Å². The predicted octanol–water partition coefficient (Wildman–Crippen LogP) is 3.64. The number of carbonyl (C=O) groups is 1. The van der Waals surface area contributed by atoms with Crippen molar-refractivity contribution in [3.8, 4) is 0 Å². The van der Waals surface area contributed by atoms with Gasteiger partial charge in [-0.2, -0.15) is 0 Å². The van der Waals surface area contributed by atoms with Gasteiger partial charge in [-0.25, -0.2) is 0 Å². The molecule has 0 aromatic heterocycles. The molecule has 0 aliphatic rings. The highest BCUT2D eigenvalue weighted by Crippen LogP contribution is 2.17. The Hall–Kier alpha value is -1.42. The number of thiocarbonyl (C=S) groups is 1. The number of benzene rings is 1. The molecule has 0 heterocycles. The van der Waals surface area contributed by atoms with E-state index in [0.29, 0.717) is 11.4 Å². The largest absolute Gasteiger partial charge is 0.389 e. The molecule has 1 rings (SSSR count). The minimum atomic E-state index is 0.140. The lowest BCUT2D eigenvalue weighted by Gasteiger charge is -2.18. The number of anilines is 1. The zero-order valence-electron chi connectivity index (χ0n) is 12.4. The predicted molar refractivity (Wildman–Crippen MR) is 89.1 cm³/mol. The highest BCUT2D eigenvalue weighted by molar-refractivity contribution is 7.80. The molecule has 0 bridgehead atoms. The van der Waals surface area contributed by atoms with E-state index in [9.17, 15) is 4.79 Å². The van der Waals surface area contributed by atoms with Crippen LogP contribution in [0.25, 0.3) is 0 Å². The van der Waals surface area contributed by atoms with Gasteiger partial charge >= 0.3 is 0 Å². The van der Waals surface area contributed by atoms with Gasteiger partial charge in [-0.15, -0.1) is 0 Å². The van der Waals surface area contributed by atoms with Crippen molar-refractivity contribution in [1.82, 2.24) is 0 Å². The van der Waals surface area contributed by atoms with Crippen LogP contribution in [0.5, 0.6) is 0 Å². The third kappa shape index (κ3) is 5.29. The van der Waals surface area contributed by atoms with Gasteiger partial charge in [0.25, 0.3) is 0 Å². The molecule has 0 radical (unpaired) electrons. The van der Waals surface area contributed by atoms with Gasteiger partial charge < -0.3 is 10.6 Å². The summed E-state index contributed by atoms with van der Waals surface area (Å²) in [6.07, 6.45) is 6.36. The summed E-state index contributed by atoms with van der Waals surface area (Å²) in [5, 5.41) is 0. The summed E-state index contributed by atoms with van der Waals surface area (Å²) in [7, 11) is 1.80. The SMILES string of the molecule is CCCCCCCC(=O)N(C)c1cccc(C(N)=S)c1. The molecular formula is C16H24N2OS. The molecule has 2 N–H and O–H groups in total. The van der Waals surface area contributed by atoms with Crippen LogP contribution in [-0.4, -0.2) is 17.9 Å². The lowest BCUT2D eigenvalue weighted by molar-refractivity contribution is -0.118. The average Bonchev–Trinajstić information content (AvgIpc) is 2.46. The number of hydrogen-bond acceptors (Lipinski definition) is 2. The summed E-state index contributed by atoms with van der Waals surface area (Å²) in [4.78, 5) is 14.2. The number of unbranched alkanes of at least 4 members (excludes halogenated alkanes) is 4. The molecule has 1 amide bonds. The number of nitrogens with zero attached hydrogens (tertiary/aromatic N) is 1. The van der Waals surface area contributed by atoms with E-state index in [1.807, 2.05) is 24.3 Å². The van der Waals surface area contributed by atoms with Crippen molar-refractivity contribution >= 4 is 28.8 Å². The molecule has 1 aromatic rings. The Balaban J connectivity index is 2.51. The number of amides is 1. The standard InChI is InChI=1S/C16H24N2OS/c1-3-4-5-6-7-11-15(19)18(2)14-10-8-9-13(12-14)16(17)20/h8-10,12H,3-7,11H2,1-2H3,(H2,17,20). The van der Waals surface area contributed by atoms with Crippen molar-refractivity contribution in [1.29, 1.82) is 0 Å². The first-order valence-corrected chi connectivity index (χ1v) is 7.63. The minimum Gasteiger partial charge on any atom is -0.389 e. The van der Waals surface area contributed by atoms with E-state index < -0.39 is 0 Å². The molecule has 0 fully saturated rings. The van der Waals surface area contributed by atoms with Crippen molar-refractivity contribution in [3.05, 3.63) is 29.8 Å². The molecule has 0 aliphatic heterocycles. The molecule has 0 saturated carbocycles. The Kier molecular flexibility index (Phi) is 7.23. The summed E-state index contributed by atoms with van der Waals surface area (Å²) in [6.45, 7) is 2.19. The van der Waals surface area contributed by atoms with Gasteiger partial charge in [-0.1, -0.05) is 57.0 Å². The van der Waals surface area contributed by atoms with E-state index in [4.69, 9.17) is 18.0 Å². The number of carbonyl (C=O) groups excluding carboxylic acids is 1. The third-order valence-corrected chi connectivity index (χ3v) is 3.62. The van der Waals surface area contributed by atoms with Crippen molar-refractivity contribution in [2.45, 2.75) is 45.4 Å². The monoisotopic (exact) mass is 292 g/mol. The van der Waals surface area contributed by atoms with E-state index in [-0.39, 0.29) is 5.91 Å². The van der Waals surface area contributed by atoms with Crippen LogP contribution in [0.2, 0.25) is 0 Å². The fourth-order valence-electron chi connectivity index (χ4n) is 2.06. The number of hydrogen-bond donors (Lipinski definition) is 1. The molecule has 0 unspecified atom stereocenters. The molecule has 0 spiro atoms. The highest BCUT2D eigenvalue weighted by atomic mass is 32.1. The summed E-state index contributed by atoms with van der Waals surface area (Å²) in [5.41, 5.74) is 7.25. The van der Waals surface area contributed by atoms with Crippen molar-refractivity contribution < 1.29 is 4.79 Å². The number of nitrogens with two attached hydrogens (primary N) is 1. The maximum atomic E-state index is 12.1. The molecular weight excluding hydrogens is 268 g/mol. The van der Waals surface area contributed by atoms with Crippen molar-refractivity contribution in [3.63, 3.8) is 0 Å². The maximum Gasteiger partial charge on any atom is 0.226 e. The number of rotatable bonds is 8. The summed E-state index contributed by atoms with van der Waals surface area (Å²) < 4.78 is 0. The molecule has 1 aromatic carbocycles. The van der Waals surface area contributed by atoms with Crippen LogP contribution >= 0.6 is 12.2 Å². The van der Waals surface area contributed by atoms with Gasteiger partial charge in [0, 0.05) is 24.7 Å². The van der Waals surface area contributed by atoms with Crippen LogP contribution in [0.3, 0.4) is 0 Å². The normalized spacial score (nSPS) is 10.3. The van der Waals surface area contributed by atoms with E-state index in [1.165, 1.54) is 19.3 Å². The summed E-state index contributed by atoms with van der Waals surface area (Å²) >= 11 is 4.96. The zero-order valence-corrected chi connectivity index (χ0v) is 13.2. The van der Waals surface area contributed by atoms with Crippen molar-refractivity contribution in [2.75, 3.05) is 11.9 Å². The van der Waals surface area contributed by atoms with E-state index >= 15 is 0 Å². The van der Waals surface area contributed by atoms with Crippen LogP contribution in [0, 0.1) is 0 Å². The van der Waals surface area contributed by atoms with Crippen LogP contribution in [-0.2, 0) is 4.79 Å². The summed E-state index contributed by atoms with van der Waals surface area (Å²) in [5.74, 6) is 0.140. The third-order valence-electron chi connectivity index (χ3n) is 3.39. The Bertz CT molecular complexity index is 460. The molecule has 0 saturated heterocycles. The van der Waals surface area contributed by atoms with E-state index in [1.54, 1.807) is 11.9 Å². The van der Waals surface area contributed by atoms with Gasteiger partial charge in [-0.05, 0) is 18.6 Å². The van der Waals surface area contributed by atoms with Gasteiger partial charge in [-0.3, -0.25) is 4.79 Å². The van der Waals surface area contributed by atoms with Gasteiger partial charge in [0.1, 0.15) is 4.99 Å². The fraction of sp³-hybridized carbons (Fsp3) is 0.500. The molecule has 0 aliphatic carbocycles. The lowest BCUT2D eigenvalue weighted by atomic mass is 10.1. The van der Waals surface area contributed by atoms with E-state index in [2.05, 4.69) is 6.92 Å². The molecule has 0 atom stereocenters. The topological polar surface area (TPSA) is 46.3 Å². The first-order chi connectivity index (χ1) is 9.56.